The van der Waals surface area contributed by atoms with Gasteiger partial charge in [0.15, 0.2) is 0 Å². The minimum Gasteiger partial charge on any atom is -0.486 e. The van der Waals surface area contributed by atoms with E-state index in [0.717, 1.165) is 10.7 Å². The Balaban J connectivity index is 1.42. The summed E-state index contributed by atoms with van der Waals surface area (Å²) in [7, 11) is 0. The highest BCUT2D eigenvalue weighted by Crippen LogP contribution is 2.25. The monoisotopic (exact) mass is 397 g/mol. The van der Waals surface area contributed by atoms with Crippen molar-refractivity contribution in [3.8, 4) is 5.75 Å². The Morgan fingerprint density at radius 1 is 1.21 bits per heavy atom. The zero-order valence-electron chi connectivity index (χ0n) is 15.2. The molecule has 0 saturated heterocycles. The number of carbonyl (C=O) groups excluding carboxylic acids is 1. The fourth-order valence-corrected chi connectivity index (χ4v) is 4.09. The predicted octanol–water partition coefficient (Wildman–Crippen LogP) is 3.27. The smallest absolute Gasteiger partial charge is 0.235 e. The van der Waals surface area contributed by atoms with Crippen LogP contribution in [0.2, 0.25) is 0 Å². The topological polar surface area (TPSA) is 68.5 Å². The van der Waals surface area contributed by atoms with Crippen molar-refractivity contribution < 1.29 is 13.9 Å². The Hall–Kier alpha value is -2.77. The number of ether oxygens (including phenoxy) is 1. The predicted molar refractivity (Wildman–Crippen MR) is 105 cm³/mol. The first kappa shape index (κ1) is 18.6. The zero-order valence-corrected chi connectivity index (χ0v) is 16.0. The van der Waals surface area contributed by atoms with Gasteiger partial charge in [-0.15, -0.1) is 11.3 Å². The third-order valence-corrected chi connectivity index (χ3v) is 5.69. The van der Waals surface area contributed by atoms with Gasteiger partial charge in [0.1, 0.15) is 23.2 Å². The van der Waals surface area contributed by atoms with Gasteiger partial charge in [0, 0.05) is 18.5 Å². The number of nitrogens with two attached hydrogens (primary N) is 1. The molecule has 1 aromatic heterocycles. The van der Waals surface area contributed by atoms with Gasteiger partial charge in [0.05, 0.1) is 11.7 Å². The van der Waals surface area contributed by atoms with Crippen molar-refractivity contribution in [2.45, 2.75) is 32.2 Å². The number of halogens is 1. The van der Waals surface area contributed by atoms with Crippen molar-refractivity contribution in [1.82, 2.24) is 9.88 Å². The van der Waals surface area contributed by atoms with Crippen molar-refractivity contribution in [1.29, 1.82) is 0 Å². The Morgan fingerprint density at radius 3 is 2.71 bits per heavy atom. The summed E-state index contributed by atoms with van der Waals surface area (Å²) in [6.45, 7) is 1.54. The average molecular weight is 397 g/mol. The maximum atomic E-state index is 13.0. The van der Waals surface area contributed by atoms with Crippen LogP contribution in [0.1, 0.15) is 21.8 Å². The number of amides is 1. The average Bonchev–Trinajstić information content (AvgIpc) is 3.14. The first-order valence-corrected chi connectivity index (χ1v) is 9.88. The van der Waals surface area contributed by atoms with E-state index in [4.69, 9.17) is 10.5 Å². The van der Waals surface area contributed by atoms with Crippen LogP contribution in [0.4, 0.5) is 4.39 Å². The lowest BCUT2D eigenvalue weighted by Crippen LogP contribution is -2.48. The number of hydrogen-bond acceptors (Lipinski definition) is 5. The largest absolute Gasteiger partial charge is 0.486 e. The molecule has 2 heterocycles. The normalized spacial score (nSPS) is 16.5. The van der Waals surface area contributed by atoms with Crippen molar-refractivity contribution in [2.24, 2.45) is 5.73 Å². The lowest BCUT2D eigenvalue weighted by atomic mass is 9.93. The van der Waals surface area contributed by atoms with Crippen molar-refractivity contribution in [3.05, 3.63) is 81.6 Å². The fraction of sp³-hybridized carbons (Fsp3) is 0.238. The highest BCUT2D eigenvalue weighted by atomic mass is 32.1. The fourth-order valence-electron chi connectivity index (χ4n) is 3.40. The number of nitrogens with zero attached hydrogens (tertiary/aromatic N) is 2. The number of thiazole rings is 1. The molecule has 1 unspecified atom stereocenters. The lowest BCUT2D eigenvalue weighted by molar-refractivity contribution is -0.124. The van der Waals surface area contributed by atoms with Crippen LogP contribution >= 0.6 is 11.3 Å². The van der Waals surface area contributed by atoms with Gasteiger partial charge >= 0.3 is 0 Å². The molecule has 7 heteroatoms. The molecule has 2 aromatic carbocycles. The second-order valence-corrected chi connectivity index (χ2v) is 7.71. The molecule has 0 spiro atoms. The number of primary amides is 1. The van der Waals surface area contributed by atoms with E-state index in [1.165, 1.54) is 34.6 Å². The molecule has 1 aliphatic rings. The van der Waals surface area contributed by atoms with Crippen LogP contribution in [0.15, 0.2) is 53.9 Å². The molecule has 0 saturated carbocycles. The second-order valence-electron chi connectivity index (χ2n) is 6.77. The van der Waals surface area contributed by atoms with Crippen molar-refractivity contribution >= 4 is 17.2 Å². The van der Waals surface area contributed by atoms with Crippen LogP contribution in [0.5, 0.6) is 5.75 Å². The molecule has 4 rings (SSSR count). The lowest BCUT2D eigenvalue weighted by Gasteiger charge is -2.34. The molecule has 1 aliphatic heterocycles. The molecule has 5 nitrogen and oxygen atoms in total. The quantitative estimate of drug-likeness (QED) is 0.693. The van der Waals surface area contributed by atoms with Crippen LogP contribution in [-0.4, -0.2) is 21.8 Å². The summed E-state index contributed by atoms with van der Waals surface area (Å²) < 4.78 is 18.6. The molecule has 0 aliphatic carbocycles. The minimum atomic E-state index is -0.337. The van der Waals surface area contributed by atoms with Gasteiger partial charge in [0.2, 0.25) is 5.91 Å². The Labute approximate surface area is 166 Å². The maximum Gasteiger partial charge on any atom is 0.235 e. The van der Waals surface area contributed by atoms with Gasteiger partial charge in [-0.3, -0.25) is 9.69 Å². The van der Waals surface area contributed by atoms with E-state index < -0.39 is 0 Å². The summed E-state index contributed by atoms with van der Waals surface area (Å²) in [5.74, 6) is -0.0137. The number of carbonyl (C=O) groups is 1. The Morgan fingerprint density at radius 2 is 1.96 bits per heavy atom. The van der Waals surface area contributed by atoms with Gasteiger partial charge in [-0.25, -0.2) is 9.37 Å². The SMILES string of the molecule is NC(=O)C1Cc2ccccc2CN1Cc1csc(COc2ccc(F)cc2)n1. The number of fused-ring (bicyclic) bond motifs is 1. The maximum absolute atomic E-state index is 13.0. The van der Waals surface area contributed by atoms with Crippen molar-refractivity contribution in [2.75, 3.05) is 0 Å². The molecule has 144 valence electrons. The Kier molecular flexibility index (Phi) is 5.36. The molecule has 0 bridgehead atoms. The van der Waals surface area contributed by atoms with E-state index in [-0.39, 0.29) is 17.8 Å². The van der Waals surface area contributed by atoms with Crippen molar-refractivity contribution in [3.63, 3.8) is 0 Å². The Bertz CT molecular complexity index is 974. The highest BCUT2D eigenvalue weighted by molar-refractivity contribution is 7.09. The van der Waals surface area contributed by atoms with Crippen LogP contribution in [0, 0.1) is 5.82 Å². The van der Waals surface area contributed by atoms with Gasteiger partial charge < -0.3 is 10.5 Å². The summed E-state index contributed by atoms with van der Waals surface area (Å²) in [4.78, 5) is 18.7. The van der Waals surface area contributed by atoms with E-state index in [0.29, 0.717) is 31.9 Å². The second kappa shape index (κ2) is 8.08. The number of benzene rings is 2. The molecule has 0 radical (unpaired) electrons. The summed E-state index contributed by atoms with van der Waals surface area (Å²) in [6.07, 6.45) is 0.621. The van der Waals surface area contributed by atoms with Gasteiger partial charge in [-0.1, -0.05) is 24.3 Å². The number of hydrogen-bond donors (Lipinski definition) is 1. The summed E-state index contributed by atoms with van der Waals surface area (Å²) in [6, 6.07) is 13.7. The van der Waals surface area contributed by atoms with Gasteiger partial charge in [0.25, 0.3) is 0 Å². The van der Waals surface area contributed by atoms with E-state index >= 15 is 0 Å². The zero-order chi connectivity index (χ0) is 19.5. The number of aromatic nitrogens is 1. The minimum absolute atomic E-state index is 0.295. The molecule has 0 fully saturated rings. The van der Waals surface area contributed by atoms with E-state index in [2.05, 4.69) is 22.0 Å². The number of rotatable bonds is 6. The van der Waals surface area contributed by atoms with Crippen LogP contribution in [-0.2, 0) is 30.9 Å². The van der Waals surface area contributed by atoms with Gasteiger partial charge in [-0.05, 0) is 41.8 Å². The third-order valence-electron chi connectivity index (χ3n) is 4.81. The van der Waals surface area contributed by atoms with Crippen LogP contribution in [0.25, 0.3) is 0 Å². The molecule has 1 amide bonds. The summed E-state index contributed by atoms with van der Waals surface area (Å²) in [5, 5.41) is 2.80. The molecule has 3 aromatic rings. The molecular formula is C21H20FN3O2S. The molecular weight excluding hydrogens is 377 g/mol. The van der Waals surface area contributed by atoms with Crippen LogP contribution in [0.3, 0.4) is 0 Å². The molecule has 2 N–H and O–H groups in total. The first-order valence-electron chi connectivity index (χ1n) is 9.00. The molecule has 28 heavy (non-hydrogen) atoms. The van der Waals surface area contributed by atoms with E-state index in [1.54, 1.807) is 12.1 Å². The highest BCUT2D eigenvalue weighted by Gasteiger charge is 2.30. The standard InChI is InChI=1S/C21H20FN3O2S/c22-16-5-7-18(8-6-16)27-12-20-24-17(13-28-20)11-25-10-15-4-2-1-3-14(15)9-19(25)21(23)26/h1-8,13,19H,9-12H2,(H2,23,26). The van der Waals surface area contributed by atoms with E-state index in [9.17, 15) is 9.18 Å². The summed E-state index contributed by atoms with van der Waals surface area (Å²) >= 11 is 1.50. The van der Waals surface area contributed by atoms with E-state index in [1.807, 2.05) is 17.5 Å². The van der Waals surface area contributed by atoms with Gasteiger partial charge in [-0.2, -0.15) is 0 Å². The third kappa shape index (κ3) is 4.21. The first-order chi connectivity index (χ1) is 13.6. The van der Waals surface area contributed by atoms with Crippen LogP contribution < -0.4 is 10.5 Å². The summed E-state index contributed by atoms with van der Waals surface area (Å²) in [5.41, 5.74) is 8.93. The molecule has 1 atom stereocenters.